The lowest BCUT2D eigenvalue weighted by Crippen LogP contribution is -2.27. The predicted octanol–water partition coefficient (Wildman–Crippen LogP) is 1.65. The quantitative estimate of drug-likeness (QED) is 0.493. The van der Waals surface area contributed by atoms with Gasteiger partial charge < -0.3 is 19.5 Å². The van der Waals surface area contributed by atoms with Crippen LogP contribution in [-0.4, -0.2) is 58.0 Å². The third-order valence-electron chi connectivity index (χ3n) is 2.68. The van der Waals surface area contributed by atoms with Crippen molar-refractivity contribution in [2.24, 2.45) is 5.92 Å². The minimum absolute atomic E-state index is 0.0946. The van der Waals surface area contributed by atoms with E-state index >= 15 is 0 Å². The third kappa shape index (κ3) is 13.9. The van der Waals surface area contributed by atoms with Crippen LogP contribution in [0, 0.1) is 5.92 Å². The summed E-state index contributed by atoms with van der Waals surface area (Å²) in [6.45, 7) is 12.3. The third-order valence-corrected chi connectivity index (χ3v) is 2.68. The maximum atomic E-state index is 11.3. The van der Waals surface area contributed by atoms with E-state index in [2.05, 4.69) is 19.2 Å². The Balaban J connectivity index is 3.08. The van der Waals surface area contributed by atoms with Gasteiger partial charge in [0.1, 0.15) is 5.78 Å². The van der Waals surface area contributed by atoms with Crippen molar-refractivity contribution in [1.29, 1.82) is 0 Å². The van der Waals surface area contributed by atoms with Gasteiger partial charge in [-0.05, 0) is 0 Å². The number of hydrogen-bond acceptors (Lipinski definition) is 5. The Morgan fingerprint density at radius 1 is 0.850 bits per heavy atom. The molecule has 0 amide bonds. The fraction of sp³-hybridized carbons (Fsp3) is 0.933. The molecule has 0 aliphatic heterocycles. The molecule has 0 saturated carbocycles. The van der Waals surface area contributed by atoms with Crippen molar-refractivity contribution in [1.82, 2.24) is 5.32 Å². The van der Waals surface area contributed by atoms with Crippen LogP contribution in [0.5, 0.6) is 0 Å². The lowest BCUT2D eigenvalue weighted by atomic mass is 10.1. The van der Waals surface area contributed by atoms with Crippen molar-refractivity contribution >= 4 is 5.78 Å². The van der Waals surface area contributed by atoms with E-state index in [9.17, 15) is 4.79 Å². The number of carbonyl (C=O) groups is 1. The molecule has 0 atom stereocenters. The van der Waals surface area contributed by atoms with Crippen LogP contribution in [0.3, 0.4) is 0 Å². The van der Waals surface area contributed by atoms with Gasteiger partial charge in [0.2, 0.25) is 0 Å². The lowest BCUT2D eigenvalue weighted by Gasteiger charge is -2.09. The molecule has 0 aromatic heterocycles. The first-order valence-corrected chi connectivity index (χ1v) is 7.53. The molecule has 0 aliphatic rings. The van der Waals surface area contributed by atoms with E-state index in [4.69, 9.17) is 14.2 Å². The Bertz CT molecular complexity index is 232. The molecule has 0 aliphatic carbocycles. The summed E-state index contributed by atoms with van der Waals surface area (Å²) in [5, 5.41) is 3.27. The molecule has 120 valence electrons. The van der Waals surface area contributed by atoms with Gasteiger partial charge >= 0.3 is 0 Å². The molecule has 5 heteroatoms. The number of ketones is 1. The fourth-order valence-corrected chi connectivity index (χ4v) is 1.42. The molecule has 0 bridgehead atoms. The maximum Gasteiger partial charge on any atom is 0.137 e. The van der Waals surface area contributed by atoms with Crippen molar-refractivity contribution in [3.8, 4) is 0 Å². The average molecular weight is 289 g/mol. The number of ether oxygens (including phenoxy) is 3. The molecule has 0 aromatic rings. The van der Waals surface area contributed by atoms with Crippen LogP contribution in [-0.2, 0) is 19.0 Å². The van der Waals surface area contributed by atoms with Gasteiger partial charge in [0, 0.05) is 24.9 Å². The maximum absolute atomic E-state index is 11.3. The molecule has 0 rings (SSSR count). The molecule has 0 heterocycles. The van der Waals surface area contributed by atoms with Gasteiger partial charge in [-0.15, -0.1) is 0 Å². The number of carbonyl (C=O) groups excluding carboxylic acids is 1. The highest BCUT2D eigenvalue weighted by Gasteiger charge is 2.05. The van der Waals surface area contributed by atoms with Crippen LogP contribution in [0.4, 0.5) is 0 Å². The summed E-state index contributed by atoms with van der Waals surface area (Å²) in [7, 11) is 0. The topological polar surface area (TPSA) is 56.8 Å². The number of rotatable bonds is 14. The Hall–Kier alpha value is -0.490. The first-order chi connectivity index (χ1) is 9.54. The van der Waals surface area contributed by atoms with E-state index in [1.165, 1.54) is 0 Å². The summed E-state index contributed by atoms with van der Waals surface area (Å²) >= 11 is 0. The van der Waals surface area contributed by atoms with Crippen molar-refractivity contribution in [2.45, 2.75) is 40.2 Å². The van der Waals surface area contributed by atoms with E-state index in [-0.39, 0.29) is 11.7 Å². The van der Waals surface area contributed by atoms with Crippen LogP contribution < -0.4 is 5.32 Å². The van der Waals surface area contributed by atoms with Crippen LogP contribution in [0.1, 0.15) is 34.1 Å². The standard InChI is InChI=1S/C15H31NO4/c1-13(2)15(17)5-7-18-9-11-20-12-10-19-8-6-16-14(3)4/h13-14,16H,5-12H2,1-4H3. The monoisotopic (exact) mass is 289 g/mol. The zero-order chi connectivity index (χ0) is 15.2. The summed E-state index contributed by atoms with van der Waals surface area (Å²) in [5.41, 5.74) is 0. The summed E-state index contributed by atoms with van der Waals surface area (Å²) in [6, 6.07) is 0.495. The highest BCUT2D eigenvalue weighted by molar-refractivity contribution is 5.80. The highest BCUT2D eigenvalue weighted by atomic mass is 16.5. The zero-order valence-corrected chi connectivity index (χ0v) is 13.4. The molecular weight excluding hydrogens is 258 g/mol. The Kier molecular flexibility index (Phi) is 13.2. The normalized spacial score (nSPS) is 11.5. The van der Waals surface area contributed by atoms with E-state index in [1.54, 1.807) is 0 Å². The molecule has 0 fully saturated rings. The number of hydrogen-bond donors (Lipinski definition) is 1. The van der Waals surface area contributed by atoms with Gasteiger partial charge in [0.25, 0.3) is 0 Å². The predicted molar refractivity (Wildman–Crippen MR) is 80.1 cm³/mol. The number of nitrogens with one attached hydrogen (secondary N) is 1. The van der Waals surface area contributed by atoms with Gasteiger partial charge in [-0.2, -0.15) is 0 Å². The summed E-state index contributed by atoms with van der Waals surface area (Å²) in [5.74, 6) is 0.339. The van der Waals surface area contributed by atoms with E-state index in [0.29, 0.717) is 52.1 Å². The van der Waals surface area contributed by atoms with Crippen LogP contribution in [0.15, 0.2) is 0 Å². The summed E-state index contributed by atoms with van der Waals surface area (Å²) in [6.07, 6.45) is 0.490. The van der Waals surface area contributed by atoms with Gasteiger partial charge in [0.05, 0.1) is 39.6 Å². The second kappa shape index (κ2) is 13.5. The lowest BCUT2D eigenvalue weighted by molar-refractivity contribution is -0.123. The van der Waals surface area contributed by atoms with Gasteiger partial charge in [-0.3, -0.25) is 4.79 Å². The van der Waals surface area contributed by atoms with Gasteiger partial charge in [-0.25, -0.2) is 0 Å². The van der Waals surface area contributed by atoms with E-state index < -0.39 is 0 Å². The molecule has 0 aromatic carbocycles. The Morgan fingerprint density at radius 2 is 1.35 bits per heavy atom. The minimum atomic E-state index is 0.0946. The summed E-state index contributed by atoms with van der Waals surface area (Å²) in [4.78, 5) is 11.3. The molecule has 0 spiro atoms. The molecular formula is C15H31NO4. The zero-order valence-electron chi connectivity index (χ0n) is 13.4. The first-order valence-electron chi connectivity index (χ1n) is 7.53. The SMILES string of the molecule is CC(C)NCCOCCOCCOCCC(=O)C(C)C. The van der Waals surface area contributed by atoms with E-state index in [1.807, 2.05) is 13.8 Å². The van der Waals surface area contributed by atoms with E-state index in [0.717, 1.165) is 6.54 Å². The first kappa shape index (κ1) is 19.5. The van der Waals surface area contributed by atoms with Crippen molar-refractivity contribution < 1.29 is 19.0 Å². The van der Waals surface area contributed by atoms with Crippen molar-refractivity contribution in [2.75, 3.05) is 46.2 Å². The molecule has 0 unspecified atom stereocenters. The van der Waals surface area contributed by atoms with Crippen LogP contribution >= 0.6 is 0 Å². The number of Topliss-reactive ketones (excluding diaryl/α,β-unsaturated/α-hetero) is 1. The van der Waals surface area contributed by atoms with Gasteiger partial charge in [0.15, 0.2) is 0 Å². The molecule has 0 radical (unpaired) electrons. The second-order valence-corrected chi connectivity index (χ2v) is 5.32. The second-order valence-electron chi connectivity index (χ2n) is 5.32. The molecule has 5 nitrogen and oxygen atoms in total. The minimum Gasteiger partial charge on any atom is -0.379 e. The summed E-state index contributed by atoms with van der Waals surface area (Å²) < 4.78 is 16.1. The molecule has 0 saturated heterocycles. The fourth-order valence-electron chi connectivity index (χ4n) is 1.42. The molecule has 20 heavy (non-hydrogen) atoms. The largest absolute Gasteiger partial charge is 0.379 e. The highest BCUT2D eigenvalue weighted by Crippen LogP contribution is 1.98. The van der Waals surface area contributed by atoms with Crippen molar-refractivity contribution in [3.05, 3.63) is 0 Å². The van der Waals surface area contributed by atoms with Crippen molar-refractivity contribution in [3.63, 3.8) is 0 Å². The van der Waals surface area contributed by atoms with Gasteiger partial charge in [-0.1, -0.05) is 27.7 Å². The molecule has 1 N–H and O–H groups in total. The average Bonchev–Trinajstić information content (AvgIpc) is 2.39. The van der Waals surface area contributed by atoms with Crippen LogP contribution in [0.2, 0.25) is 0 Å². The smallest absolute Gasteiger partial charge is 0.137 e. The Labute approximate surface area is 123 Å². The van der Waals surface area contributed by atoms with Crippen LogP contribution in [0.25, 0.3) is 0 Å². The Morgan fingerprint density at radius 3 is 1.85 bits per heavy atom.